The van der Waals surface area contributed by atoms with E-state index in [-0.39, 0.29) is 12.2 Å². The molecule has 10 heteroatoms. The van der Waals surface area contributed by atoms with Gasteiger partial charge in [-0.05, 0) is 73.0 Å². The molecule has 0 radical (unpaired) electrons. The fourth-order valence-electron chi connectivity index (χ4n) is 4.99. The lowest BCUT2D eigenvalue weighted by Gasteiger charge is -2.27. The highest BCUT2D eigenvalue weighted by molar-refractivity contribution is 7.07. The van der Waals surface area contributed by atoms with Crippen molar-refractivity contribution in [3.05, 3.63) is 125 Å². The minimum Gasteiger partial charge on any atom is -0.496 e. The molecule has 0 saturated carbocycles. The van der Waals surface area contributed by atoms with Gasteiger partial charge in [0.2, 0.25) is 0 Å². The molecule has 1 aromatic heterocycles. The van der Waals surface area contributed by atoms with Gasteiger partial charge in [-0.15, -0.1) is 0 Å². The average Bonchev–Trinajstić information content (AvgIpc) is 3.34. The number of benzene rings is 3. The summed E-state index contributed by atoms with van der Waals surface area (Å²) in [7, 11) is 1.54. The Kier molecular flexibility index (Phi) is 9.63. The van der Waals surface area contributed by atoms with Gasteiger partial charge in [-0.2, -0.15) is 5.26 Å². The molecule has 5 rings (SSSR count). The van der Waals surface area contributed by atoms with Crippen molar-refractivity contribution in [2.24, 2.45) is 4.99 Å². The Morgan fingerprint density at radius 1 is 1.11 bits per heavy atom. The first-order chi connectivity index (χ1) is 21.4. The summed E-state index contributed by atoms with van der Waals surface area (Å²) in [5, 5.41) is 9.42. The van der Waals surface area contributed by atoms with E-state index >= 15 is 0 Å². The molecule has 4 aromatic rings. The number of carbonyl (C=O) groups excluding carboxylic acids is 1. The van der Waals surface area contributed by atoms with E-state index in [9.17, 15) is 9.59 Å². The normalized spacial score (nSPS) is 14.4. The predicted molar refractivity (Wildman–Crippen MR) is 170 cm³/mol. The minimum atomic E-state index is -0.833. The highest BCUT2D eigenvalue weighted by atomic mass is 35.5. The van der Waals surface area contributed by atoms with E-state index in [1.807, 2.05) is 43.3 Å². The molecule has 0 unspecified atom stereocenters. The van der Waals surface area contributed by atoms with Gasteiger partial charge in [-0.3, -0.25) is 9.36 Å². The number of fused-ring (bicyclic) bond motifs is 1. The number of carbonyl (C=O) groups is 1. The fourth-order valence-corrected chi connectivity index (χ4v) is 6.19. The number of ether oxygens (including phenoxy) is 3. The molecule has 0 amide bonds. The monoisotopic (exact) mass is 627 g/mol. The quantitative estimate of drug-likeness (QED) is 0.209. The van der Waals surface area contributed by atoms with Crippen molar-refractivity contribution >= 4 is 35.0 Å². The van der Waals surface area contributed by atoms with Crippen LogP contribution in [-0.4, -0.2) is 24.3 Å². The van der Waals surface area contributed by atoms with Gasteiger partial charge in [-0.25, -0.2) is 9.79 Å². The maximum Gasteiger partial charge on any atom is 0.338 e. The predicted octanol–water partition coefficient (Wildman–Crippen LogP) is 5.69. The smallest absolute Gasteiger partial charge is 0.338 e. The second kappa shape index (κ2) is 13.8. The van der Waals surface area contributed by atoms with Crippen molar-refractivity contribution in [1.29, 1.82) is 5.26 Å². The minimum absolute atomic E-state index is 0.179. The SMILES string of the molecule is CCCC1=C(C(=O)OCC)[C@@H](c2cc(Cl)ccc2OC)n2c(s/c(=C/c3ccc(OCc4ccc(C#N)cc4)cc3)c2=O)=N1. The van der Waals surface area contributed by atoms with Crippen molar-refractivity contribution in [3.8, 4) is 17.6 Å². The fraction of sp³-hybridized carbons (Fsp3) is 0.235. The highest BCUT2D eigenvalue weighted by Crippen LogP contribution is 2.38. The van der Waals surface area contributed by atoms with Crippen LogP contribution in [0.4, 0.5) is 0 Å². The average molecular weight is 628 g/mol. The zero-order valence-corrected chi connectivity index (χ0v) is 26.1. The van der Waals surface area contributed by atoms with Crippen LogP contribution >= 0.6 is 22.9 Å². The van der Waals surface area contributed by atoms with Crippen LogP contribution in [0.25, 0.3) is 6.08 Å². The molecular weight excluding hydrogens is 598 g/mol. The van der Waals surface area contributed by atoms with E-state index < -0.39 is 12.0 Å². The van der Waals surface area contributed by atoms with E-state index in [0.717, 1.165) is 17.5 Å². The summed E-state index contributed by atoms with van der Waals surface area (Å²) in [6, 6.07) is 21.1. The Morgan fingerprint density at radius 2 is 1.86 bits per heavy atom. The molecule has 0 bridgehead atoms. The van der Waals surface area contributed by atoms with Gasteiger partial charge in [0.15, 0.2) is 4.80 Å². The van der Waals surface area contributed by atoms with Crippen molar-refractivity contribution in [2.75, 3.05) is 13.7 Å². The number of allylic oxidation sites excluding steroid dienone is 1. The Balaban J connectivity index is 1.55. The lowest BCUT2D eigenvalue weighted by atomic mass is 9.93. The molecule has 44 heavy (non-hydrogen) atoms. The molecule has 1 aliphatic rings. The molecular formula is C34H30ClN3O5S. The third-order valence-electron chi connectivity index (χ3n) is 7.04. The van der Waals surface area contributed by atoms with Crippen LogP contribution in [0.1, 0.15) is 55.0 Å². The van der Waals surface area contributed by atoms with Gasteiger partial charge in [0, 0.05) is 10.6 Å². The van der Waals surface area contributed by atoms with Gasteiger partial charge in [0.1, 0.15) is 24.1 Å². The third kappa shape index (κ3) is 6.47. The van der Waals surface area contributed by atoms with E-state index in [0.29, 0.717) is 61.3 Å². The highest BCUT2D eigenvalue weighted by Gasteiger charge is 2.36. The largest absolute Gasteiger partial charge is 0.496 e. The van der Waals surface area contributed by atoms with E-state index in [2.05, 4.69) is 6.07 Å². The summed E-state index contributed by atoms with van der Waals surface area (Å²) >= 11 is 7.67. The van der Waals surface area contributed by atoms with E-state index in [1.165, 1.54) is 23.0 Å². The van der Waals surface area contributed by atoms with Gasteiger partial charge in [-0.1, -0.05) is 60.5 Å². The van der Waals surface area contributed by atoms with Crippen molar-refractivity contribution in [1.82, 2.24) is 4.57 Å². The standard InChI is InChI=1S/C34H30ClN3O5S/c1-4-6-27-30(33(40)42-5-2)31(26-18-24(35)13-16-28(26)41-3)38-32(39)29(44-34(38)37-27)17-21-11-14-25(15-12-21)43-20-23-9-7-22(19-36)8-10-23/h7-18,31H,4-6,20H2,1-3H3/b29-17+/t31-/m1/s1. The summed E-state index contributed by atoms with van der Waals surface area (Å²) in [5.41, 5.74) is 3.51. The Labute approximate surface area is 263 Å². The number of nitriles is 1. The Morgan fingerprint density at radius 3 is 2.52 bits per heavy atom. The number of hydrogen-bond donors (Lipinski definition) is 0. The zero-order valence-electron chi connectivity index (χ0n) is 24.5. The first kappa shape index (κ1) is 30.8. The molecule has 0 aliphatic carbocycles. The van der Waals surface area contributed by atoms with Crippen molar-refractivity contribution in [3.63, 3.8) is 0 Å². The molecule has 224 valence electrons. The number of nitrogens with zero attached hydrogens (tertiary/aromatic N) is 3. The number of methoxy groups -OCH3 is 1. The molecule has 1 atom stereocenters. The van der Waals surface area contributed by atoms with Crippen molar-refractivity contribution < 1.29 is 19.0 Å². The topological polar surface area (TPSA) is 103 Å². The van der Waals surface area contributed by atoms with Gasteiger partial charge in [0.05, 0.1) is 41.2 Å². The summed E-state index contributed by atoms with van der Waals surface area (Å²) in [4.78, 5) is 32.7. The number of thiazole rings is 1. The lowest BCUT2D eigenvalue weighted by molar-refractivity contribution is -0.139. The van der Waals surface area contributed by atoms with Crippen LogP contribution in [0.15, 0.2) is 87.8 Å². The van der Waals surface area contributed by atoms with Crippen molar-refractivity contribution in [2.45, 2.75) is 39.3 Å². The number of hydrogen-bond acceptors (Lipinski definition) is 8. The number of rotatable bonds is 10. The maximum absolute atomic E-state index is 14.0. The summed E-state index contributed by atoms with van der Waals surface area (Å²) < 4.78 is 19.0. The van der Waals surface area contributed by atoms with Crippen LogP contribution in [0, 0.1) is 11.3 Å². The molecule has 0 saturated heterocycles. The molecule has 1 aliphatic heterocycles. The third-order valence-corrected chi connectivity index (χ3v) is 8.26. The summed E-state index contributed by atoms with van der Waals surface area (Å²) in [6.45, 7) is 4.29. The van der Waals surface area contributed by atoms with Crippen LogP contribution in [0.5, 0.6) is 11.5 Å². The second-order valence-corrected chi connectivity index (χ2v) is 11.4. The number of aromatic nitrogens is 1. The molecule has 8 nitrogen and oxygen atoms in total. The second-order valence-electron chi connectivity index (χ2n) is 9.97. The van der Waals surface area contributed by atoms with E-state index in [1.54, 1.807) is 43.3 Å². The van der Waals surface area contributed by atoms with Crippen LogP contribution in [0.3, 0.4) is 0 Å². The summed E-state index contributed by atoms with van der Waals surface area (Å²) in [5.74, 6) is 0.632. The van der Waals surface area contributed by atoms with Crippen LogP contribution < -0.4 is 24.4 Å². The van der Waals surface area contributed by atoms with Gasteiger partial charge < -0.3 is 14.2 Å². The lowest BCUT2D eigenvalue weighted by Crippen LogP contribution is -2.40. The molecule has 2 heterocycles. The van der Waals surface area contributed by atoms with Gasteiger partial charge in [0.25, 0.3) is 5.56 Å². The molecule has 0 spiro atoms. The van der Waals surface area contributed by atoms with Crippen LogP contribution in [0.2, 0.25) is 5.02 Å². The first-order valence-corrected chi connectivity index (χ1v) is 15.3. The summed E-state index contributed by atoms with van der Waals surface area (Å²) in [6.07, 6.45) is 3.08. The van der Waals surface area contributed by atoms with Crippen LogP contribution in [-0.2, 0) is 16.1 Å². The Bertz CT molecular complexity index is 1940. The maximum atomic E-state index is 14.0. The number of esters is 1. The Hall–Kier alpha value is -4.65. The molecule has 0 N–H and O–H groups in total. The van der Waals surface area contributed by atoms with E-state index in [4.69, 9.17) is 36.1 Å². The zero-order chi connectivity index (χ0) is 31.2. The molecule has 3 aromatic carbocycles. The first-order valence-electron chi connectivity index (χ1n) is 14.1. The molecule has 0 fully saturated rings. The number of halogens is 1. The van der Waals surface area contributed by atoms with Gasteiger partial charge >= 0.3 is 5.97 Å².